The maximum atomic E-state index is 12.6. The van der Waals surface area contributed by atoms with E-state index in [9.17, 15) is 4.79 Å². The fourth-order valence-electron chi connectivity index (χ4n) is 3.81. The highest BCUT2D eigenvalue weighted by Gasteiger charge is 2.16. The highest BCUT2D eigenvalue weighted by Crippen LogP contribution is 2.28. The third kappa shape index (κ3) is 4.04. The number of likely N-dealkylation sites (tertiary alicyclic amines) is 1. The number of methoxy groups -OCH3 is 1. The van der Waals surface area contributed by atoms with Crippen molar-refractivity contribution in [1.29, 1.82) is 0 Å². The van der Waals surface area contributed by atoms with E-state index in [0.29, 0.717) is 23.6 Å². The molecule has 0 aliphatic carbocycles. The number of piperidine rings is 1. The summed E-state index contributed by atoms with van der Waals surface area (Å²) >= 11 is 0. The first kappa shape index (κ1) is 18.6. The van der Waals surface area contributed by atoms with Gasteiger partial charge in [-0.2, -0.15) is 0 Å². The van der Waals surface area contributed by atoms with Gasteiger partial charge in [0.1, 0.15) is 0 Å². The predicted octanol–water partition coefficient (Wildman–Crippen LogP) is 4.36. The van der Waals surface area contributed by atoms with Gasteiger partial charge in [-0.15, -0.1) is 0 Å². The second-order valence-corrected chi connectivity index (χ2v) is 7.28. The van der Waals surface area contributed by atoms with Gasteiger partial charge in [0.25, 0.3) is 5.91 Å². The Morgan fingerprint density at radius 3 is 2.64 bits per heavy atom. The second kappa shape index (κ2) is 8.48. The van der Waals surface area contributed by atoms with E-state index in [2.05, 4.69) is 28.4 Å². The fraction of sp³-hybridized carbons (Fsp3) is 0.348. The van der Waals surface area contributed by atoms with Crippen molar-refractivity contribution in [2.75, 3.05) is 20.2 Å². The SMILES string of the molecule is COc1cccc2cc(C(=O)NCc3ccccc3CN3CCCCC3)oc12. The van der Waals surface area contributed by atoms with Crippen LogP contribution in [0.3, 0.4) is 0 Å². The highest BCUT2D eigenvalue weighted by atomic mass is 16.5. The van der Waals surface area contributed by atoms with Crippen LogP contribution in [0.1, 0.15) is 40.9 Å². The molecule has 1 amide bonds. The molecule has 0 spiro atoms. The van der Waals surface area contributed by atoms with Gasteiger partial charge in [0.05, 0.1) is 7.11 Å². The van der Waals surface area contributed by atoms with Crippen LogP contribution >= 0.6 is 0 Å². The smallest absolute Gasteiger partial charge is 0.287 e. The number of furan rings is 1. The normalized spacial score (nSPS) is 14.9. The number of fused-ring (bicyclic) bond motifs is 1. The molecule has 5 nitrogen and oxygen atoms in total. The molecule has 28 heavy (non-hydrogen) atoms. The average molecular weight is 378 g/mol. The van der Waals surface area contributed by atoms with E-state index in [1.807, 2.05) is 24.3 Å². The summed E-state index contributed by atoms with van der Waals surface area (Å²) in [5.41, 5.74) is 3.02. The van der Waals surface area contributed by atoms with Crippen LogP contribution in [0.2, 0.25) is 0 Å². The monoisotopic (exact) mass is 378 g/mol. The molecule has 1 N–H and O–H groups in total. The van der Waals surface area contributed by atoms with E-state index in [4.69, 9.17) is 9.15 Å². The summed E-state index contributed by atoms with van der Waals surface area (Å²) in [5.74, 6) is 0.711. The molecule has 0 saturated carbocycles. The van der Waals surface area contributed by atoms with Crippen molar-refractivity contribution in [1.82, 2.24) is 10.2 Å². The van der Waals surface area contributed by atoms with Gasteiger partial charge in [-0.3, -0.25) is 9.69 Å². The molecule has 2 heterocycles. The Labute approximate surface area is 165 Å². The lowest BCUT2D eigenvalue weighted by molar-refractivity contribution is 0.0925. The molecular formula is C23H26N2O3. The number of hydrogen-bond acceptors (Lipinski definition) is 4. The molecule has 1 fully saturated rings. The third-order valence-corrected chi connectivity index (χ3v) is 5.35. The lowest BCUT2D eigenvalue weighted by atomic mass is 10.0. The van der Waals surface area contributed by atoms with E-state index in [0.717, 1.165) is 30.6 Å². The maximum Gasteiger partial charge on any atom is 0.287 e. The summed E-state index contributed by atoms with van der Waals surface area (Å²) in [5, 5.41) is 3.86. The zero-order chi connectivity index (χ0) is 19.3. The van der Waals surface area contributed by atoms with Gasteiger partial charge in [-0.25, -0.2) is 0 Å². The summed E-state index contributed by atoms with van der Waals surface area (Å²) < 4.78 is 11.1. The van der Waals surface area contributed by atoms with Crippen LogP contribution in [0.25, 0.3) is 11.0 Å². The zero-order valence-electron chi connectivity index (χ0n) is 16.2. The van der Waals surface area contributed by atoms with Crippen molar-refractivity contribution < 1.29 is 13.9 Å². The van der Waals surface area contributed by atoms with Crippen LogP contribution in [-0.2, 0) is 13.1 Å². The summed E-state index contributed by atoms with van der Waals surface area (Å²) in [6.45, 7) is 3.73. The Bertz CT molecular complexity index is 957. The summed E-state index contributed by atoms with van der Waals surface area (Å²) in [6, 6.07) is 15.7. The van der Waals surface area contributed by atoms with Crippen molar-refractivity contribution in [3.63, 3.8) is 0 Å². The van der Waals surface area contributed by atoms with Crippen molar-refractivity contribution in [2.24, 2.45) is 0 Å². The number of carbonyl (C=O) groups is 1. The van der Waals surface area contributed by atoms with Gasteiger partial charge >= 0.3 is 0 Å². The molecule has 3 aromatic rings. The minimum atomic E-state index is -0.217. The molecule has 0 radical (unpaired) electrons. The molecule has 0 atom stereocenters. The van der Waals surface area contributed by atoms with Crippen molar-refractivity contribution in [3.8, 4) is 5.75 Å². The molecule has 2 aromatic carbocycles. The van der Waals surface area contributed by atoms with Crippen LogP contribution in [0, 0.1) is 0 Å². The topological polar surface area (TPSA) is 54.7 Å². The molecule has 1 aromatic heterocycles. The second-order valence-electron chi connectivity index (χ2n) is 7.28. The number of nitrogens with zero attached hydrogens (tertiary/aromatic N) is 1. The van der Waals surface area contributed by atoms with Gasteiger partial charge in [0.2, 0.25) is 0 Å². The molecule has 1 saturated heterocycles. The number of nitrogens with one attached hydrogen (secondary N) is 1. The number of amides is 1. The number of ether oxygens (including phenoxy) is 1. The molecule has 5 heteroatoms. The van der Waals surface area contributed by atoms with E-state index >= 15 is 0 Å². The average Bonchev–Trinajstić information content (AvgIpc) is 3.18. The van der Waals surface area contributed by atoms with Crippen LogP contribution in [0.4, 0.5) is 0 Å². The maximum absolute atomic E-state index is 12.6. The minimum absolute atomic E-state index is 0.217. The Balaban J connectivity index is 1.45. The molecule has 0 bridgehead atoms. The standard InChI is InChI=1S/C23H26N2O3/c1-27-20-11-7-10-17-14-21(28-22(17)20)23(26)24-15-18-8-3-4-9-19(18)16-25-12-5-2-6-13-25/h3-4,7-11,14H,2,5-6,12-13,15-16H2,1H3,(H,24,26). The molecular weight excluding hydrogens is 352 g/mol. The largest absolute Gasteiger partial charge is 0.493 e. The Morgan fingerprint density at radius 2 is 1.86 bits per heavy atom. The van der Waals surface area contributed by atoms with Crippen LogP contribution in [0.5, 0.6) is 5.75 Å². The first-order valence-corrected chi connectivity index (χ1v) is 9.88. The Morgan fingerprint density at radius 1 is 1.07 bits per heavy atom. The van der Waals surface area contributed by atoms with Gasteiger partial charge in [-0.1, -0.05) is 42.8 Å². The number of rotatable bonds is 6. The summed E-state index contributed by atoms with van der Waals surface area (Å²) in [4.78, 5) is 15.1. The van der Waals surface area contributed by atoms with E-state index in [1.165, 1.54) is 24.8 Å². The number of carbonyl (C=O) groups excluding carboxylic acids is 1. The Hall–Kier alpha value is -2.79. The van der Waals surface area contributed by atoms with Crippen LogP contribution < -0.4 is 10.1 Å². The molecule has 146 valence electrons. The van der Waals surface area contributed by atoms with Gasteiger partial charge in [0, 0.05) is 18.5 Å². The van der Waals surface area contributed by atoms with Crippen molar-refractivity contribution in [2.45, 2.75) is 32.4 Å². The van der Waals surface area contributed by atoms with E-state index < -0.39 is 0 Å². The predicted molar refractivity (Wildman–Crippen MR) is 110 cm³/mol. The summed E-state index contributed by atoms with van der Waals surface area (Å²) in [7, 11) is 1.59. The number of benzene rings is 2. The first-order valence-electron chi connectivity index (χ1n) is 9.88. The van der Waals surface area contributed by atoms with E-state index in [1.54, 1.807) is 13.2 Å². The summed E-state index contributed by atoms with van der Waals surface area (Å²) in [6.07, 6.45) is 3.87. The quantitative estimate of drug-likeness (QED) is 0.693. The van der Waals surface area contributed by atoms with Gasteiger partial charge in [-0.05, 0) is 49.2 Å². The fourth-order valence-corrected chi connectivity index (χ4v) is 3.81. The van der Waals surface area contributed by atoms with Crippen LogP contribution in [0.15, 0.2) is 52.9 Å². The molecule has 0 unspecified atom stereocenters. The number of hydrogen-bond donors (Lipinski definition) is 1. The first-order chi connectivity index (χ1) is 13.7. The highest BCUT2D eigenvalue weighted by molar-refractivity contribution is 5.97. The van der Waals surface area contributed by atoms with Gasteiger partial charge < -0.3 is 14.5 Å². The third-order valence-electron chi connectivity index (χ3n) is 5.35. The van der Waals surface area contributed by atoms with Crippen molar-refractivity contribution in [3.05, 3.63) is 65.4 Å². The number of para-hydroxylation sites is 1. The lowest BCUT2D eigenvalue weighted by Crippen LogP contribution is -2.30. The zero-order valence-corrected chi connectivity index (χ0v) is 16.2. The van der Waals surface area contributed by atoms with Crippen molar-refractivity contribution >= 4 is 16.9 Å². The van der Waals surface area contributed by atoms with Gasteiger partial charge in [0.15, 0.2) is 17.1 Å². The minimum Gasteiger partial charge on any atom is -0.493 e. The van der Waals surface area contributed by atoms with Crippen LogP contribution in [-0.4, -0.2) is 31.0 Å². The van der Waals surface area contributed by atoms with E-state index in [-0.39, 0.29) is 5.91 Å². The molecule has 4 rings (SSSR count). The molecule has 1 aliphatic rings. The Kier molecular flexibility index (Phi) is 5.63. The molecule has 1 aliphatic heterocycles. The lowest BCUT2D eigenvalue weighted by Gasteiger charge is -2.27.